The van der Waals surface area contributed by atoms with Crippen LogP contribution in [0.2, 0.25) is 0 Å². The van der Waals surface area contributed by atoms with E-state index in [0.717, 1.165) is 16.8 Å². The summed E-state index contributed by atoms with van der Waals surface area (Å²) in [5.41, 5.74) is 3.64. The molecule has 1 aliphatic heterocycles. The van der Waals surface area contributed by atoms with Crippen molar-refractivity contribution in [2.75, 3.05) is 16.0 Å². The molecule has 1 N–H and O–H groups in total. The zero-order chi connectivity index (χ0) is 21.8. The van der Waals surface area contributed by atoms with Crippen molar-refractivity contribution in [3.05, 3.63) is 59.7 Å². The first kappa shape index (κ1) is 22.1. The number of benzene rings is 2. The predicted octanol–water partition coefficient (Wildman–Crippen LogP) is 4.94. The van der Waals surface area contributed by atoms with E-state index in [1.807, 2.05) is 24.3 Å². The first-order valence-corrected chi connectivity index (χ1v) is 11.3. The Kier molecular flexibility index (Phi) is 6.98. The molecule has 0 aliphatic carbocycles. The molecule has 158 valence electrons. The normalized spacial score (nSPS) is 16.6. The Hall–Kier alpha value is -2.60. The number of hydrogen-bond acceptors (Lipinski definition) is 4. The summed E-state index contributed by atoms with van der Waals surface area (Å²) >= 11 is 1.23. The number of amides is 3. The third kappa shape index (κ3) is 4.75. The van der Waals surface area contributed by atoms with Crippen LogP contribution in [0.4, 0.5) is 11.4 Å². The Balaban J connectivity index is 1.67. The van der Waals surface area contributed by atoms with E-state index in [1.54, 1.807) is 24.3 Å². The van der Waals surface area contributed by atoms with E-state index in [4.69, 9.17) is 0 Å². The summed E-state index contributed by atoms with van der Waals surface area (Å²) < 4.78 is 0. The molecule has 0 unspecified atom stereocenters. The van der Waals surface area contributed by atoms with Gasteiger partial charge in [-0.05, 0) is 35.1 Å². The fraction of sp³-hybridized carbons (Fsp3) is 0.375. The summed E-state index contributed by atoms with van der Waals surface area (Å²) in [5, 5.41) is 2.53. The zero-order valence-electron chi connectivity index (χ0n) is 17.8. The van der Waals surface area contributed by atoms with E-state index in [9.17, 15) is 14.4 Å². The number of carbonyl (C=O) groups excluding carboxylic acids is 3. The first-order valence-electron chi connectivity index (χ1n) is 10.3. The Labute approximate surface area is 182 Å². The molecule has 6 heteroatoms. The van der Waals surface area contributed by atoms with Crippen molar-refractivity contribution in [3.8, 4) is 0 Å². The molecule has 5 nitrogen and oxygen atoms in total. The van der Waals surface area contributed by atoms with Gasteiger partial charge >= 0.3 is 0 Å². The minimum absolute atomic E-state index is 0.117. The van der Waals surface area contributed by atoms with Gasteiger partial charge in [0, 0.05) is 12.1 Å². The van der Waals surface area contributed by atoms with E-state index in [-0.39, 0.29) is 41.7 Å². The van der Waals surface area contributed by atoms with E-state index >= 15 is 0 Å². The van der Waals surface area contributed by atoms with Gasteiger partial charge in [0.15, 0.2) is 0 Å². The molecular weight excluding hydrogens is 396 g/mol. The van der Waals surface area contributed by atoms with Crippen molar-refractivity contribution in [2.45, 2.75) is 51.2 Å². The van der Waals surface area contributed by atoms with E-state index in [2.05, 4.69) is 33.0 Å². The summed E-state index contributed by atoms with van der Waals surface area (Å²) in [6, 6.07) is 15.0. The topological polar surface area (TPSA) is 66.5 Å². The number of para-hydroxylation sites is 2. The third-order valence-electron chi connectivity index (χ3n) is 5.17. The van der Waals surface area contributed by atoms with Crippen LogP contribution in [0.25, 0.3) is 0 Å². The second kappa shape index (κ2) is 9.47. The van der Waals surface area contributed by atoms with E-state index in [0.29, 0.717) is 5.69 Å². The number of anilines is 2. The van der Waals surface area contributed by atoms with Crippen LogP contribution in [0.3, 0.4) is 0 Å². The molecule has 2 aromatic rings. The molecule has 0 radical (unpaired) electrons. The SMILES string of the molecule is CC(C)c1cccc(C(C)C)c1NC(=O)CS[C@@H]1CC(=O)N(c2ccccc2)C1=O. The number of nitrogens with one attached hydrogen (secondary N) is 1. The Morgan fingerprint density at radius 2 is 1.60 bits per heavy atom. The minimum atomic E-state index is -0.534. The van der Waals surface area contributed by atoms with Gasteiger partial charge in [0.1, 0.15) is 0 Å². The molecule has 1 fully saturated rings. The lowest BCUT2D eigenvalue weighted by Gasteiger charge is -2.20. The van der Waals surface area contributed by atoms with Crippen LogP contribution < -0.4 is 10.2 Å². The van der Waals surface area contributed by atoms with Crippen molar-refractivity contribution < 1.29 is 14.4 Å². The molecule has 1 saturated heterocycles. The van der Waals surface area contributed by atoms with Gasteiger partial charge < -0.3 is 5.32 Å². The quantitative estimate of drug-likeness (QED) is 0.640. The zero-order valence-corrected chi connectivity index (χ0v) is 18.7. The largest absolute Gasteiger partial charge is 0.325 e. The van der Waals surface area contributed by atoms with Gasteiger partial charge in [0.25, 0.3) is 0 Å². The van der Waals surface area contributed by atoms with Crippen molar-refractivity contribution >= 4 is 40.9 Å². The molecule has 3 amide bonds. The summed E-state index contributed by atoms with van der Waals surface area (Å²) in [6.07, 6.45) is 0.117. The number of rotatable bonds is 7. The molecule has 0 saturated carbocycles. The highest BCUT2D eigenvalue weighted by atomic mass is 32.2. The fourth-order valence-corrected chi connectivity index (χ4v) is 4.56. The minimum Gasteiger partial charge on any atom is -0.325 e. The van der Waals surface area contributed by atoms with Crippen molar-refractivity contribution in [1.82, 2.24) is 0 Å². The molecule has 2 aromatic carbocycles. The number of nitrogens with zero attached hydrogens (tertiary/aromatic N) is 1. The van der Waals surface area contributed by atoms with Gasteiger partial charge in [-0.3, -0.25) is 14.4 Å². The molecule has 1 aliphatic rings. The number of thioether (sulfide) groups is 1. The van der Waals surface area contributed by atoms with E-state index in [1.165, 1.54) is 16.7 Å². The average molecular weight is 425 g/mol. The maximum atomic E-state index is 12.7. The van der Waals surface area contributed by atoms with Crippen LogP contribution in [0, 0.1) is 0 Å². The molecular formula is C24H28N2O3S. The van der Waals surface area contributed by atoms with E-state index < -0.39 is 5.25 Å². The lowest BCUT2D eigenvalue weighted by Crippen LogP contribution is -2.31. The highest BCUT2D eigenvalue weighted by Gasteiger charge is 2.40. The van der Waals surface area contributed by atoms with Crippen molar-refractivity contribution in [2.24, 2.45) is 0 Å². The third-order valence-corrected chi connectivity index (χ3v) is 6.37. The standard InChI is InChI=1S/C24H28N2O3S/c1-15(2)18-11-8-12-19(16(3)4)23(18)25-21(27)14-30-20-13-22(28)26(24(20)29)17-9-6-5-7-10-17/h5-12,15-16,20H,13-14H2,1-4H3,(H,25,27)/t20-/m1/s1. The molecule has 30 heavy (non-hydrogen) atoms. The number of hydrogen-bond donors (Lipinski definition) is 1. The second-order valence-corrected chi connectivity index (χ2v) is 9.27. The molecule has 1 atom stereocenters. The Morgan fingerprint density at radius 3 is 2.17 bits per heavy atom. The molecule has 0 bridgehead atoms. The summed E-state index contributed by atoms with van der Waals surface area (Å²) in [4.78, 5) is 39.0. The number of carbonyl (C=O) groups is 3. The second-order valence-electron chi connectivity index (χ2n) is 8.08. The molecule has 0 aromatic heterocycles. The lowest BCUT2D eigenvalue weighted by molar-refractivity contribution is -0.121. The summed E-state index contributed by atoms with van der Waals surface area (Å²) in [7, 11) is 0. The molecule has 3 rings (SSSR count). The molecule has 1 heterocycles. The first-order chi connectivity index (χ1) is 14.3. The Morgan fingerprint density at radius 1 is 1.00 bits per heavy atom. The maximum Gasteiger partial charge on any atom is 0.247 e. The smallest absolute Gasteiger partial charge is 0.247 e. The monoisotopic (exact) mass is 424 g/mol. The predicted molar refractivity (Wildman–Crippen MR) is 123 cm³/mol. The van der Waals surface area contributed by atoms with Crippen LogP contribution in [0.15, 0.2) is 48.5 Å². The Bertz CT molecular complexity index is 914. The number of imide groups is 1. The summed E-state index contributed by atoms with van der Waals surface area (Å²) in [6.45, 7) is 8.41. The van der Waals surface area contributed by atoms with Crippen LogP contribution >= 0.6 is 11.8 Å². The van der Waals surface area contributed by atoms with Crippen molar-refractivity contribution in [1.29, 1.82) is 0 Å². The van der Waals surface area contributed by atoms with Gasteiger partial charge in [0.2, 0.25) is 17.7 Å². The van der Waals surface area contributed by atoms with Gasteiger partial charge in [-0.2, -0.15) is 0 Å². The average Bonchev–Trinajstić information content (AvgIpc) is 3.00. The van der Waals surface area contributed by atoms with Crippen LogP contribution in [0.5, 0.6) is 0 Å². The van der Waals surface area contributed by atoms with Gasteiger partial charge in [-0.25, -0.2) is 4.90 Å². The van der Waals surface area contributed by atoms with Gasteiger partial charge in [-0.1, -0.05) is 64.1 Å². The van der Waals surface area contributed by atoms with Gasteiger partial charge in [0.05, 0.1) is 16.7 Å². The maximum absolute atomic E-state index is 12.7. The van der Waals surface area contributed by atoms with Crippen LogP contribution in [-0.2, 0) is 14.4 Å². The van der Waals surface area contributed by atoms with Crippen LogP contribution in [-0.4, -0.2) is 28.7 Å². The highest BCUT2D eigenvalue weighted by molar-refractivity contribution is 8.01. The molecule has 0 spiro atoms. The lowest BCUT2D eigenvalue weighted by atomic mass is 9.92. The highest BCUT2D eigenvalue weighted by Crippen LogP contribution is 2.33. The van der Waals surface area contributed by atoms with Crippen LogP contribution in [0.1, 0.15) is 57.1 Å². The summed E-state index contributed by atoms with van der Waals surface area (Å²) in [5.74, 6) is 0.0375. The van der Waals surface area contributed by atoms with Gasteiger partial charge in [-0.15, -0.1) is 11.8 Å². The fourth-order valence-electron chi connectivity index (χ4n) is 3.63. The van der Waals surface area contributed by atoms with Crippen molar-refractivity contribution in [3.63, 3.8) is 0 Å².